The van der Waals surface area contributed by atoms with E-state index in [-0.39, 0.29) is 36.5 Å². The van der Waals surface area contributed by atoms with Crippen LogP contribution in [-0.2, 0) is 40.7 Å². The summed E-state index contributed by atoms with van der Waals surface area (Å²) in [6.45, 7) is 4.33. The molecule has 2 aromatic rings. The number of fused-ring (bicyclic) bond motifs is 2. The third-order valence-corrected chi connectivity index (χ3v) is 13.4. The zero-order valence-corrected chi connectivity index (χ0v) is 31.0. The second-order valence-electron chi connectivity index (χ2n) is 14.9. The highest BCUT2D eigenvalue weighted by atomic mass is 28.4. The van der Waals surface area contributed by atoms with Crippen LogP contribution in [0.2, 0.25) is 18.6 Å². The quantitative estimate of drug-likeness (QED) is 0.0955. The summed E-state index contributed by atoms with van der Waals surface area (Å²) in [5.74, 6) is -3.18. The molecule has 4 heterocycles. The van der Waals surface area contributed by atoms with E-state index in [4.69, 9.17) is 14.2 Å². The van der Waals surface area contributed by atoms with E-state index in [1.54, 1.807) is 19.1 Å². The second kappa shape index (κ2) is 15.5. The highest BCUT2D eigenvalue weighted by molar-refractivity contribution is 6.72. The standard InChI is InChI=1S/C35H46FN3O15Si/c1-14-29(55(2,3)36)20(10-11-40)54-35(14)18-12-17(38-31(48)28-24(44)22(42)26(46)33(50)53-28)8-9-19(18)39(34(35)51)13-15-4-6-16(7-5-15)37-30(47)27-23(43)21(41)25(45)32(49)52-27/h4-9,12,14,20-29,32-33,40-46,49-50H,10-11,13H2,1-3H3,(H,37,47)(H,38,48)/t14-,20+,21+,22+,23+,24+,25-,26-,27+,28+,29-,32-,33-,35+/m1/s1. The van der Waals surface area contributed by atoms with Gasteiger partial charge in [-0.2, -0.15) is 0 Å². The molecule has 55 heavy (non-hydrogen) atoms. The van der Waals surface area contributed by atoms with Crippen LogP contribution in [0.25, 0.3) is 0 Å². The van der Waals surface area contributed by atoms with Crippen molar-refractivity contribution in [3.05, 3.63) is 53.6 Å². The van der Waals surface area contributed by atoms with Crippen molar-refractivity contribution in [1.82, 2.24) is 0 Å². The molecule has 14 atom stereocenters. The number of aliphatic hydroxyl groups excluding tert-OH is 9. The Morgan fingerprint density at radius 2 is 1.31 bits per heavy atom. The van der Waals surface area contributed by atoms with Crippen LogP contribution in [0.3, 0.4) is 0 Å². The van der Waals surface area contributed by atoms with E-state index in [0.717, 1.165) is 0 Å². The average Bonchev–Trinajstić information content (AvgIpc) is 3.56. The Morgan fingerprint density at radius 3 is 1.82 bits per heavy atom. The molecule has 3 saturated heterocycles. The lowest BCUT2D eigenvalue weighted by Crippen LogP contribution is -2.60. The fraction of sp³-hybridized carbons (Fsp3) is 0.571. The summed E-state index contributed by atoms with van der Waals surface area (Å²) >= 11 is 0. The fourth-order valence-corrected chi connectivity index (χ4v) is 10.7. The van der Waals surface area contributed by atoms with E-state index in [0.29, 0.717) is 11.3 Å². The summed E-state index contributed by atoms with van der Waals surface area (Å²) in [5, 5.41) is 94.8. The van der Waals surface area contributed by atoms with E-state index in [2.05, 4.69) is 10.6 Å². The fourth-order valence-electron chi connectivity index (χ4n) is 8.14. The number of amides is 3. The van der Waals surface area contributed by atoms with Crippen molar-refractivity contribution in [2.75, 3.05) is 22.1 Å². The van der Waals surface area contributed by atoms with Crippen molar-refractivity contribution in [1.29, 1.82) is 0 Å². The van der Waals surface area contributed by atoms with Gasteiger partial charge in [-0.15, -0.1) is 0 Å². The minimum Gasteiger partial charge on any atom is -0.396 e. The van der Waals surface area contributed by atoms with E-state index >= 15 is 4.11 Å². The molecule has 4 aliphatic heterocycles. The van der Waals surface area contributed by atoms with Crippen LogP contribution in [0.1, 0.15) is 24.5 Å². The third-order valence-electron chi connectivity index (χ3n) is 10.9. The lowest BCUT2D eigenvalue weighted by atomic mass is 9.82. The number of anilines is 3. The van der Waals surface area contributed by atoms with Gasteiger partial charge < -0.3 is 79.8 Å². The topological polar surface area (TPSA) is 288 Å². The van der Waals surface area contributed by atoms with Crippen molar-refractivity contribution in [2.45, 2.75) is 112 Å². The molecule has 6 rings (SSSR count). The van der Waals surface area contributed by atoms with Crippen molar-refractivity contribution < 1.29 is 78.7 Å². The molecule has 11 N–H and O–H groups in total. The van der Waals surface area contributed by atoms with Crippen LogP contribution >= 0.6 is 0 Å². The zero-order valence-electron chi connectivity index (χ0n) is 30.0. The first kappa shape index (κ1) is 41.2. The lowest BCUT2D eigenvalue weighted by molar-refractivity contribution is -0.274. The molecule has 18 nitrogen and oxygen atoms in total. The van der Waals surface area contributed by atoms with Crippen LogP contribution in [0.4, 0.5) is 21.2 Å². The SMILES string of the molecule is C[C@@H]1[C@@H]([Si](C)(C)F)[C@H](CCO)O[C@@]12C(=O)N(Cc1ccc(NC(=O)[C@H]3O[C@@H](O)[C@H](O)[C@@H](O)[C@@H]3O)cc1)c1ccc(NC(=O)[C@H]3O[C@@H](O)[C@H](O)[C@@H](O)[C@@H]3O)cc12. The summed E-state index contributed by atoms with van der Waals surface area (Å²) in [6, 6.07) is 10.6. The maximum Gasteiger partial charge on any atom is 0.264 e. The van der Waals surface area contributed by atoms with Gasteiger partial charge in [-0.05, 0) is 55.4 Å². The normalized spacial score (nSPS) is 37.6. The number of nitrogens with zero attached hydrogens (tertiary/aromatic N) is 1. The van der Waals surface area contributed by atoms with Crippen molar-refractivity contribution >= 4 is 43.2 Å². The number of hydrogen-bond acceptors (Lipinski definition) is 15. The molecule has 1 spiro atoms. The number of aliphatic hydroxyl groups is 9. The maximum atomic E-state index is 16.0. The number of rotatable bonds is 9. The second-order valence-corrected chi connectivity index (χ2v) is 18.7. The number of carbonyl (C=O) groups is 3. The molecule has 0 aliphatic carbocycles. The maximum absolute atomic E-state index is 16.0. The summed E-state index contributed by atoms with van der Waals surface area (Å²) in [5.41, 5.74) is -0.951. The van der Waals surface area contributed by atoms with Crippen LogP contribution in [0.15, 0.2) is 42.5 Å². The van der Waals surface area contributed by atoms with Crippen molar-refractivity contribution in [3.63, 3.8) is 0 Å². The van der Waals surface area contributed by atoms with Crippen LogP contribution in [-0.4, -0.2) is 146 Å². The summed E-state index contributed by atoms with van der Waals surface area (Å²) in [4.78, 5) is 42.2. The van der Waals surface area contributed by atoms with Crippen LogP contribution in [0.5, 0.6) is 0 Å². The highest BCUT2D eigenvalue weighted by Crippen LogP contribution is 2.60. The number of halogens is 1. The third kappa shape index (κ3) is 7.31. The number of carbonyl (C=O) groups excluding carboxylic acids is 3. The van der Waals surface area contributed by atoms with Crippen molar-refractivity contribution in [3.8, 4) is 0 Å². The Kier molecular flexibility index (Phi) is 11.6. The first-order chi connectivity index (χ1) is 25.8. The molecule has 0 radical (unpaired) electrons. The van der Waals surface area contributed by atoms with Gasteiger partial charge in [0.1, 0.15) is 36.6 Å². The van der Waals surface area contributed by atoms with E-state index < -0.39 is 111 Å². The largest absolute Gasteiger partial charge is 0.396 e. The number of benzene rings is 2. The van der Waals surface area contributed by atoms with Gasteiger partial charge in [0, 0.05) is 35.0 Å². The van der Waals surface area contributed by atoms with Gasteiger partial charge in [0.2, 0.25) is 8.41 Å². The minimum absolute atomic E-state index is 0.0453. The minimum atomic E-state index is -3.55. The van der Waals surface area contributed by atoms with E-state index in [1.165, 1.54) is 48.3 Å². The smallest absolute Gasteiger partial charge is 0.264 e. The summed E-state index contributed by atoms with van der Waals surface area (Å²) in [7, 11) is -3.55. The van der Waals surface area contributed by atoms with Gasteiger partial charge in [-0.3, -0.25) is 14.4 Å². The first-order valence-electron chi connectivity index (χ1n) is 17.7. The Morgan fingerprint density at radius 1 is 0.800 bits per heavy atom. The van der Waals surface area contributed by atoms with Crippen LogP contribution in [0, 0.1) is 5.92 Å². The first-order valence-corrected chi connectivity index (χ1v) is 20.7. The van der Waals surface area contributed by atoms with Crippen molar-refractivity contribution in [2.24, 2.45) is 5.92 Å². The number of ether oxygens (including phenoxy) is 3. The monoisotopic (exact) mass is 795 g/mol. The predicted molar refractivity (Wildman–Crippen MR) is 189 cm³/mol. The van der Waals surface area contributed by atoms with Gasteiger partial charge in [-0.1, -0.05) is 19.1 Å². The van der Waals surface area contributed by atoms with Crippen LogP contribution < -0.4 is 15.5 Å². The van der Waals surface area contributed by atoms with Gasteiger partial charge in [0.05, 0.1) is 18.3 Å². The Labute approximate surface area is 314 Å². The number of nitrogens with one attached hydrogen (secondary N) is 2. The van der Waals surface area contributed by atoms with E-state index in [9.17, 15) is 60.3 Å². The molecule has 0 unspecified atom stereocenters. The molecule has 302 valence electrons. The van der Waals surface area contributed by atoms with Gasteiger partial charge in [0.25, 0.3) is 17.7 Å². The molecule has 0 saturated carbocycles. The Bertz CT molecular complexity index is 1770. The Balaban J connectivity index is 1.28. The highest BCUT2D eigenvalue weighted by Gasteiger charge is 2.66. The lowest BCUT2D eigenvalue weighted by Gasteiger charge is -2.37. The van der Waals surface area contributed by atoms with Gasteiger partial charge in [0.15, 0.2) is 30.4 Å². The zero-order chi connectivity index (χ0) is 40.3. The summed E-state index contributed by atoms with van der Waals surface area (Å²) in [6.07, 6.45) is -19.3. The van der Waals surface area contributed by atoms with Gasteiger partial charge >= 0.3 is 0 Å². The molecular weight excluding hydrogens is 749 g/mol. The van der Waals surface area contributed by atoms with Gasteiger partial charge in [-0.25, -0.2) is 0 Å². The molecule has 2 aromatic carbocycles. The molecule has 0 aromatic heterocycles. The number of hydrogen-bond donors (Lipinski definition) is 11. The molecule has 0 bridgehead atoms. The molecule has 3 fully saturated rings. The molecular formula is C35H46FN3O15Si. The summed E-state index contributed by atoms with van der Waals surface area (Å²) < 4.78 is 32.6. The predicted octanol–water partition coefficient (Wildman–Crippen LogP) is -2.13. The molecule has 20 heteroatoms. The average molecular weight is 796 g/mol. The Hall–Kier alpha value is -3.48. The molecule has 3 amide bonds. The molecule has 4 aliphatic rings. The van der Waals surface area contributed by atoms with E-state index in [1.807, 2.05) is 0 Å².